The van der Waals surface area contributed by atoms with Crippen molar-refractivity contribution < 1.29 is 9.18 Å². The van der Waals surface area contributed by atoms with Crippen LogP contribution in [0.25, 0.3) is 33.4 Å². The lowest BCUT2D eigenvalue weighted by Crippen LogP contribution is -2.37. The number of carbonyl (C=O) groups is 1. The number of aromatic nitrogens is 3. The Labute approximate surface area is 195 Å². The maximum atomic E-state index is 13.5. The number of hydrogen-bond donors (Lipinski definition) is 3. The minimum absolute atomic E-state index is 0.305. The summed E-state index contributed by atoms with van der Waals surface area (Å²) < 4.78 is 13.5. The normalized spacial score (nSPS) is 11.9. The van der Waals surface area contributed by atoms with Crippen molar-refractivity contribution in [1.29, 1.82) is 0 Å². The summed E-state index contributed by atoms with van der Waals surface area (Å²) in [4.78, 5) is 24.7. The Hall–Kier alpha value is -4.36. The number of rotatable bonds is 6. The molecule has 0 spiro atoms. The van der Waals surface area contributed by atoms with Crippen LogP contribution in [0.15, 0.2) is 91.3 Å². The molecular formula is C27H22FN5O. The number of nitrogens with two attached hydrogens (primary N) is 1. The molecule has 0 radical (unpaired) electrons. The number of carbonyl (C=O) groups excluding carboxylic acids is 1. The zero-order chi connectivity index (χ0) is 23.5. The monoisotopic (exact) mass is 451 g/mol. The summed E-state index contributed by atoms with van der Waals surface area (Å²) in [6.45, 7) is 0. The third kappa shape index (κ3) is 4.42. The van der Waals surface area contributed by atoms with E-state index in [9.17, 15) is 9.18 Å². The average molecular weight is 452 g/mol. The summed E-state index contributed by atoms with van der Waals surface area (Å²) in [5.41, 5.74) is 11.2. The molecule has 5 aromatic rings. The van der Waals surface area contributed by atoms with Gasteiger partial charge in [-0.25, -0.2) is 9.37 Å². The summed E-state index contributed by atoms with van der Waals surface area (Å²) in [6, 6.07) is 22.7. The van der Waals surface area contributed by atoms with Crippen LogP contribution in [0.4, 0.5) is 10.2 Å². The number of nitrogens with zero attached hydrogens (tertiary/aromatic N) is 2. The van der Waals surface area contributed by atoms with E-state index in [0.29, 0.717) is 17.9 Å². The predicted octanol–water partition coefficient (Wildman–Crippen LogP) is 4.94. The number of hydrogen-bond acceptors (Lipinski definition) is 4. The van der Waals surface area contributed by atoms with Crippen molar-refractivity contribution in [3.05, 3.63) is 103 Å². The average Bonchev–Trinajstić information content (AvgIpc) is 3.24. The second kappa shape index (κ2) is 9.25. The number of halogens is 1. The lowest BCUT2D eigenvalue weighted by molar-refractivity contribution is -0.117. The standard InChI is InChI=1S/C27H22FN5O/c28-20-8-6-19(7-9-20)25-24(18-12-14-30-15-13-18)21-10-11-23(31-26(21)33-25)32-27(34)22(29)16-17-4-2-1-3-5-17/h1-15,22H,16,29H2,(H2,31,32,33,34)/t22-/m0/s1. The molecule has 6 nitrogen and oxygen atoms in total. The number of aromatic amines is 1. The highest BCUT2D eigenvalue weighted by molar-refractivity contribution is 6.03. The Bertz CT molecular complexity index is 1430. The van der Waals surface area contributed by atoms with Gasteiger partial charge in [0.1, 0.15) is 17.3 Å². The molecule has 0 bridgehead atoms. The molecule has 0 aliphatic rings. The van der Waals surface area contributed by atoms with E-state index >= 15 is 0 Å². The van der Waals surface area contributed by atoms with Gasteiger partial charge in [-0.1, -0.05) is 30.3 Å². The quantitative estimate of drug-likeness (QED) is 0.341. The van der Waals surface area contributed by atoms with Crippen molar-refractivity contribution in [1.82, 2.24) is 15.0 Å². The maximum Gasteiger partial charge on any atom is 0.242 e. The molecule has 3 aromatic heterocycles. The largest absolute Gasteiger partial charge is 0.339 e. The molecule has 4 N–H and O–H groups in total. The Morgan fingerprint density at radius 1 is 0.941 bits per heavy atom. The molecule has 34 heavy (non-hydrogen) atoms. The molecule has 0 saturated carbocycles. The summed E-state index contributed by atoms with van der Waals surface area (Å²) in [5, 5.41) is 3.69. The molecule has 3 heterocycles. The van der Waals surface area contributed by atoms with E-state index in [1.54, 1.807) is 30.6 Å². The molecule has 1 amide bonds. The third-order valence-corrected chi connectivity index (χ3v) is 5.65. The number of fused-ring (bicyclic) bond motifs is 1. The molecule has 168 valence electrons. The smallest absolute Gasteiger partial charge is 0.242 e. The van der Waals surface area contributed by atoms with Crippen LogP contribution in [0.1, 0.15) is 5.56 Å². The van der Waals surface area contributed by atoms with E-state index < -0.39 is 6.04 Å². The Kier molecular flexibility index (Phi) is 5.84. The van der Waals surface area contributed by atoms with Crippen molar-refractivity contribution in [3.63, 3.8) is 0 Å². The SMILES string of the molecule is N[C@@H](Cc1ccccc1)C(=O)Nc1ccc2c(-c3ccncc3)c(-c3ccc(F)cc3)[nH]c2n1. The van der Waals surface area contributed by atoms with Gasteiger partial charge >= 0.3 is 0 Å². The highest BCUT2D eigenvalue weighted by atomic mass is 19.1. The van der Waals surface area contributed by atoms with Crippen LogP contribution >= 0.6 is 0 Å². The molecule has 0 fully saturated rings. The van der Waals surface area contributed by atoms with Crippen molar-refractivity contribution in [2.24, 2.45) is 5.73 Å². The Morgan fingerprint density at radius 2 is 1.68 bits per heavy atom. The van der Waals surface area contributed by atoms with Crippen molar-refractivity contribution >= 4 is 22.8 Å². The highest BCUT2D eigenvalue weighted by Crippen LogP contribution is 2.38. The number of H-pyrrole nitrogens is 1. The number of amides is 1. The van der Waals surface area contributed by atoms with Crippen molar-refractivity contribution in [2.45, 2.75) is 12.5 Å². The first-order valence-corrected chi connectivity index (χ1v) is 10.9. The van der Waals surface area contributed by atoms with E-state index in [2.05, 4.69) is 20.3 Å². The molecule has 2 aromatic carbocycles. The van der Waals surface area contributed by atoms with Gasteiger partial charge in [0.05, 0.1) is 11.7 Å². The third-order valence-electron chi connectivity index (χ3n) is 5.65. The van der Waals surface area contributed by atoms with Crippen molar-refractivity contribution in [2.75, 3.05) is 5.32 Å². The van der Waals surface area contributed by atoms with Gasteiger partial charge in [0.25, 0.3) is 0 Å². The fourth-order valence-electron chi connectivity index (χ4n) is 3.97. The number of anilines is 1. The summed E-state index contributed by atoms with van der Waals surface area (Å²) in [7, 11) is 0. The van der Waals surface area contributed by atoms with Crippen LogP contribution in [0.3, 0.4) is 0 Å². The molecule has 0 unspecified atom stereocenters. The van der Waals surface area contributed by atoms with Gasteiger partial charge in [0, 0.05) is 23.3 Å². The van der Waals surface area contributed by atoms with Crippen LogP contribution in [-0.4, -0.2) is 26.9 Å². The van der Waals surface area contributed by atoms with Crippen LogP contribution in [0, 0.1) is 5.82 Å². The summed E-state index contributed by atoms with van der Waals surface area (Å²) in [5.74, 6) is -0.218. The van der Waals surface area contributed by atoms with Gasteiger partial charge in [-0.05, 0) is 71.6 Å². The molecular weight excluding hydrogens is 429 g/mol. The molecule has 1 atom stereocenters. The highest BCUT2D eigenvalue weighted by Gasteiger charge is 2.18. The molecule has 0 aliphatic carbocycles. The van der Waals surface area contributed by atoms with Gasteiger partial charge < -0.3 is 16.0 Å². The minimum atomic E-state index is -0.703. The zero-order valence-corrected chi connectivity index (χ0v) is 18.2. The maximum absolute atomic E-state index is 13.5. The topological polar surface area (TPSA) is 96.7 Å². The molecule has 7 heteroatoms. The van der Waals surface area contributed by atoms with Gasteiger partial charge in [-0.15, -0.1) is 0 Å². The second-order valence-corrected chi connectivity index (χ2v) is 8.00. The zero-order valence-electron chi connectivity index (χ0n) is 18.2. The van der Waals surface area contributed by atoms with Crippen LogP contribution in [0.2, 0.25) is 0 Å². The van der Waals surface area contributed by atoms with Gasteiger partial charge in [0.2, 0.25) is 5.91 Å². The summed E-state index contributed by atoms with van der Waals surface area (Å²) >= 11 is 0. The second-order valence-electron chi connectivity index (χ2n) is 8.00. The first-order valence-electron chi connectivity index (χ1n) is 10.9. The summed E-state index contributed by atoms with van der Waals surface area (Å²) in [6.07, 6.45) is 3.87. The van der Waals surface area contributed by atoms with Crippen LogP contribution < -0.4 is 11.1 Å². The first kappa shape index (κ1) is 21.5. The lowest BCUT2D eigenvalue weighted by Gasteiger charge is -2.12. The molecule has 5 rings (SSSR count). The van der Waals surface area contributed by atoms with E-state index in [4.69, 9.17) is 5.73 Å². The molecule has 0 saturated heterocycles. The number of benzene rings is 2. The lowest BCUT2D eigenvalue weighted by atomic mass is 10.00. The fourth-order valence-corrected chi connectivity index (χ4v) is 3.97. The Balaban J connectivity index is 1.48. The van der Waals surface area contributed by atoms with Gasteiger partial charge in [-0.2, -0.15) is 0 Å². The van der Waals surface area contributed by atoms with Crippen molar-refractivity contribution in [3.8, 4) is 22.4 Å². The molecule has 0 aliphatic heterocycles. The predicted molar refractivity (Wildman–Crippen MR) is 131 cm³/mol. The number of pyridine rings is 2. The van der Waals surface area contributed by atoms with Crippen LogP contribution in [-0.2, 0) is 11.2 Å². The van der Waals surface area contributed by atoms with Gasteiger partial charge in [0.15, 0.2) is 0 Å². The first-order chi connectivity index (χ1) is 16.6. The van der Waals surface area contributed by atoms with E-state index in [1.165, 1.54) is 12.1 Å². The van der Waals surface area contributed by atoms with Crippen LogP contribution in [0.5, 0.6) is 0 Å². The fraction of sp³-hybridized carbons (Fsp3) is 0.0741. The van der Waals surface area contributed by atoms with E-state index in [1.807, 2.05) is 48.5 Å². The minimum Gasteiger partial charge on any atom is -0.339 e. The van der Waals surface area contributed by atoms with Gasteiger partial charge in [-0.3, -0.25) is 9.78 Å². The number of nitrogens with one attached hydrogen (secondary N) is 2. The Morgan fingerprint density at radius 3 is 2.41 bits per heavy atom. The van der Waals surface area contributed by atoms with E-state index in [-0.39, 0.29) is 11.7 Å². The van der Waals surface area contributed by atoms with E-state index in [0.717, 1.165) is 33.3 Å².